The van der Waals surface area contributed by atoms with Gasteiger partial charge in [-0.1, -0.05) is 25.4 Å². The molecule has 1 amide bonds. The summed E-state index contributed by atoms with van der Waals surface area (Å²) in [4.78, 5) is 17.0. The summed E-state index contributed by atoms with van der Waals surface area (Å²) in [5.74, 6) is 1.24. The Bertz CT molecular complexity index is 688. The van der Waals surface area contributed by atoms with Crippen molar-refractivity contribution in [3.8, 4) is 5.75 Å². The Morgan fingerprint density at radius 3 is 2.96 bits per heavy atom. The molecule has 3 aliphatic heterocycles. The van der Waals surface area contributed by atoms with Crippen LogP contribution < -0.4 is 4.74 Å². The van der Waals surface area contributed by atoms with Crippen LogP contribution in [0.15, 0.2) is 12.1 Å². The van der Waals surface area contributed by atoms with Crippen molar-refractivity contribution in [2.75, 3.05) is 19.7 Å². The van der Waals surface area contributed by atoms with Gasteiger partial charge in [-0.15, -0.1) is 0 Å². The maximum absolute atomic E-state index is 12.6. The molecule has 0 spiro atoms. The van der Waals surface area contributed by atoms with Crippen LogP contribution in [0.3, 0.4) is 0 Å². The molecule has 0 unspecified atom stereocenters. The fraction of sp³-hybridized carbons (Fsp3) is 0.632. The van der Waals surface area contributed by atoms with Gasteiger partial charge >= 0.3 is 0 Å². The maximum atomic E-state index is 12.6. The molecule has 5 heteroatoms. The Hall–Kier alpha value is -1.26. The molecule has 3 aliphatic rings. The van der Waals surface area contributed by atoms with Crippen molar-refractivity contribution in [3.05, 3.63) is 28.3 Å². The summed E-state index contributed by atoms with van der Waals surface area (Å²) in [5, 5.41) is 0.751. The van der Waals surface area contributed by atoms with Crippen LogP contribution >= 0.6 is 11.6 Å². The lowest BCUT2D eigenvalue weighted by atomic mass is 9.86. The van der Waals surface area contributed by atoms with Crippen LogP contribution in [0.4, 0.5) is 0 Å². The van der Waals surface area contributed by atoms with E-state index >= 15 is 0 Å². The highest BCUT2D eigenvalue weighted by molar-refractivity contribution is 6.30. The summed E-state index contributed by atoms with van der Waals surface area (Å²) in [6, 6.07) is 4.32. The van der Waals surface area contributed by atoms with E-state index in [9.17, 15) is 4.79 Å². The van der Waals surface area contributed by atoms with E-state index in [1.807, 2.05) is 19.1 Å². The Kier molecular flexibility index (Phi) is 3.81. The van der Waals surface area contributed by atoms with Crippen LogP contribution in [0.5, 0.6) is 5.75 Å². The first kappa shape index (κ1) is 16.2. The predicted molar refractivity (Wildman–Crippen MR) is 94.6 cm³/mol. The van der Waals surface area contributed by atoms with E-state index in [2.05, 4.69) is 23.6 Å². The van der Waals surface area contributed by atoms with Gasteiger partial charge < -0.3 is 9.64 Å². The number of amides is 1. The molecule has 0 radical (unpaired) electrons. The van der Waals surface area contributed by atoms with Crippen molar-refractivity contribution in [2.24, 2.45) is 0 Å². The van der Waals surface area contributed by atoms with Crippen molar-refractivity contribution >= 4 is 17.5 Å². The fourth-order valence-corrected chi connectivity index (χ4v) is 4.57. The number of carbonyl (C=O) groups is 1. The molecule has 130 valence electrons. The summed E-state index contributed by atoms with van der Waals surface area (Å²) >= 11 is 6.38. The molecule has 0 aromatic heterocycles. The first-order valence-electron chi connectivity index (χ1n) is 8.87. The number of fused-ring (bicyclic) bond motifs is 2. The Labute approximate surface area is 148 Å². The highest BCUT2D eigenvalue weighted by atomic mass is 35.5. The first-order chi connectivity index (χ1) is 11.4. The van der Waals surface area contributed by atoms with Crippen LogP contribution in [0, 0.1) is 0 Å². The van der Waals surface area contributed by atoms with Gasteiger partial charge in [-0.2, -0.15) is 0 Å². The minimum Gasteiger partial charge on any atom is -0.492 e. The third kappa shape index (κ3) is 2.51. The van der Waals surface area contributed by atoms with Gasteiger partial charge in [0.1, 0.15) is 5.75 Å². The van der Waals surface area contributed by atoms with E-state index in [0.29, 0.717) is 12.6 Å². The van der Waals surface area contributed by atoms with E-state index in [1.165, 1.54) is 5.56 Å². The predicted octanol–water partition coefficient (Wildman–Crippen LogP) is 3.21. The molecule has 2 atom stereocenters. The number of hydrogen-bond donors (Lipinski definition) is 0. The number of piperazine rings is 1. The van der Waals surface area contributed by atoms with Gasteiger partial charge in [0.2, 0.25) is 5.91 Å². The highest BCUT2D eigenvalue weighted by Gasteiger charge is 2.41. The zero-order chi connectivity index (χ0) is 17.1. The molecule has 4 rings (SSSR count). The van der Waals surface area contributed by atoms with Crippen molar-refractivity contribution in [2.45, 2.75) is 57.7 Å². The van der Waals surface area contributed by atoms with Gasteiger partial charge in [0.05, 0.1) is 12.6 Å². The van der Waals surface area contributed by atoms with E-state index in [4.69, 9.17) is 16.3 Å². The molecule has 2 fully saturated rings. The van der Waals surface area contributed by atoms with Crippen LogP contribution in [0.25, 0.3) is 0 Å². The molecule has 1 aromatic rings. The minimum absolute atomic E-state index is 0.0133. The molecule has 0 saturated carbocycles. The molecule has 2 saturated heterocycles. The van der Waals surface area contributed by atoms with Crippen molar-refractivity contribution in [3.63, 3.8) is 0 Å². The lowest BCUT2D eigenvalue weighted by molar-refractivity contribution is -0.143. The maximum Gasteiger partial charge on any atom is 0.239 e. The van der Waals surface area contributed by atoms with Crippen LogP contribution in [0.1, 0.15) is 44.7 Å². The molecule has 3 heterocycles. The second-order valence-electron chi connectivity index (χ2n) is 8.05. The van der Waals surface area contributed by atoms with Crippen LogP contribution in [0.2, 0.25) is 5.02 Å². The van der Waals surface area contributed by atoms with E-state index in [0.717, 1.165) is 48.8 Å². The Morgan fingerprint density at radius 2 is 2.17 bits per heavy atom. The topological polar surface area (TPSA) is 32.8 Å². The smallest absolute Gasteiger partial charge is 0.239 e. The van der Waals surface area contributed by atoms with Gasteiger partial charge in [-0.05, 0) is 31.9 Å². The van der Waals surface area contributed by atoms with Gasteiger partial charge in [-0.25, -0.2) is 0 Å². The van der Waals surface area contributed by atoms with Gasteiger partial charge in [-0.3, -0.25) is 9.69 Å². The molecule has 0 N–H and O–H groups in total. The van der Waals surface area contributed by atoms with Gasteiger partial charge in [0, 0.05) is 47.2 Å². The number of rotatable bonds is 2. The number of ether oxygens (including phenoxy) is 1. The molecular weight excluding hydrogens is 324 g/mol. The van der Waals surface area contributed by atoms with Gasteiger partial charge in [0.15, 0.2) is 0 Å². The number of benzene rings is 1. The summed E-state index contributed by atoms with van der Waals surface area (Å²) in [6.07, 6.45) is 2.24. The van der Waals surface area contributed by atoms with E-state index in [-0.39, 0.29) is 17.4 Å². The molecule has 24 heavy (non-hydrogen) atoms. The normalized spacial score (nSPS) is 28.7. The van der Waals surface area contributed by atoms with Crippen LogP contribution in [-0.4, -0.2) is 47.5 Å². The summed E-state index contributed by atoms with van der Waals surface area (Å²) in [6.45, 7) is 9.65. The second kappa shape index (κ2) is 5.63. The SMILES string of the molecule is C[C@H]1C(=O)N2CCC[C@H]2CN1Cc1cc(Cl)cc2c1OCC2(C)C. The van der Waals surface area contributed by atoms with Gasteiger partial charge in [0.25, 0.3) is 0 Å². The number of nitrogens with zero attached hydrogens (tertiary/aromatic N) is 2. The molecule has 0 bridgehead atoms. The number of carbonyl (C=O) groups excluding carboxylic acids is 1. The zero-order valence-electron chi connectivity index (χ0n) is 14.6. The third-order valence-electron chi connectivity index (χ3n) is 5.82. The van der Waals surface area contributed by atoms with Crippen LogP contribution in [-0.2, 0) is 16.8 Å². The Balaban J connectivity index is 1.63. The number of halogens is 1. The molecular formula is C19H25ClN2O2. The first-order valence-corrected chi connectivity index (χ1v) is 9.25. The lowest BCUT2D eigenvalue weighted by Crippen LogP contribution is -2.58. The average molecular weight is 349 g/mol. The summed E-state index contributed by atoms with van der Waals surface area (Å²) < 4.78 is 6.01. The third-order valence-corrected chi connectivity index (χ3v) is 6.04. The zero-order valence-corrected chi connectivity index (χ0v) is 15.4. The number of hydrogen-bond acceptors (Lipinski definition) is 3. The Morgan fingerprint density at radius 1 is 1.38 bits per heavy atom. The van der Waals surface area contributed by atoms with E-state index in [1.54, 1.807) is 0 Å². The minimum atomic E-state index is -0.0802. The summed E-state index contributed by atoms with van der Waals surface area (Å²) in [7, 11) is 0. The highest BCUT2D eigenvalue weighted by Crippen LogP contribution is 2.43. The van der Waals surface area contributed by atoms with E-state index < -0.39 is 0 Å². The van der Waals surface area contributed by atoms with Crippen molar-refractivity contribution in [1.82, 2.24) is 9.80 Å². The molecule has 0 aliphatic carbocycles. The average Bonchev–Trinajstić information content (AvgIpc) is 3.10. The van der Waals surface area contributed by atoms with Crippen molar-refractivity contribution in [1.29, 1.82) is 0 Å². The molecule has 1 aromatic carbocycles. The standard InChI is InChI=1S/C19H25ClN2O2/c1-12-18(23)22-6-4-5-15(22)10-21(12)9-13-7-14(20)8-16-17(13)24-11-19(16,2)3/h7-8,12,15H,4-6,9-11H2,1-3H3/t12-,15-/m0/s1. The largest absolute Gasteiger partial charge is 0.492 e. The van der Waals surface area contributed by atoms with Crippen molar-refractivity contribution < 1.29 is 9.53 Å². The fourth-order valence-electron chi connectivity index (χ4n) is 4.33. The monoisotopic (exact) mass is 348 g/mol. The quantitative estimate of drug-likeness (QED) is 0.822. The molecule has 4 nitrogen and oxygen atoms in total. The summed E-state index contributed by atoms with van der Waals surface area (Å²) in [5.41, 5.74) is 2.28. The lowest BCUT2D eigenvalue weighted by Gasteiger charge is -2.41. The second-order valence-corrected chi connectivity index (χ2v) is 8.48.